The number of hydrogen-bond acceptors (Lipinski definition) is 4. The Morgan fingerprint density at radius 2 is 2.14 bits per heavy atom. The highest BCUT2D eigenvalue weighted by atomic mass is 32.2. The molecule has 0 aromatic heterocycles. The zero-order valence-corrected chi connectivity index (χ0v) is 13.2. The normalized spacial score (nSPS) is 23.8. The van der Waals surface area contributed by atoms with Gasteiger partial charge in [0.1, 0.15) is 5.82 Å². The summed E-state index contributed by atoms with van der Waals surface area (Å²) in [7, 11) is -2.47. The maximum atomic E-state index is 14.2. The summed E-state index contributed by atoms with van der Waals surface area (Å²) in [5.41, 5.74) is -0.879. The van der Waals surface area contributed by atoms with Crippen LogP contribution in [-0.4, -0.2) is 37.4 Å². The lowest BCUT2D eigenvalue weighted by Gasteiger charge is -2.40. The second-order valence-electron chi connectivity index (χ2n) is 5.41. The molecule has 22 heavy (non-hydrogen) atoms. The summed E-state index contributed by atoms with van der Waals surface area (Å²) in [4.78, 5) is 11.1. The molecule has 1 aliphatic heterocycles. The first-order valence-electron chi connectivity index (χ1n) is 6.46. The van der Waals surface area contributed by atoms with Crippen LogP contribution in [0.2, 0.25) is 0 Å². The van der Waals surface area contributed by atoms with Crippen LogP contribution in [-0.2, 0) is 20.4 Å². The van der Waals surface area contributed by atoms with Crippen LogP contribution in [0.5, 0.6) is 0 Å². The van der Waals surface area contributed by atoms with Gasteiger partial charge in [0, 0.05) is 25.2 Å². The highest BCUT2D eigenvalue weighted by Crippen LogP contribution is 2.31. The average Bonchev–Trinajstić information content (AvgIpc) is 2.37. The van der Waals surface area contributed by atoms with Crippen LogP contribution in [0.3, 0.4) is 0 Å². The summed E-state index contributed by atoms with van der Waals surface area (Å²) >= 11 is 0. The molecule has 7 nitrogen and oxygen atoms in total. The first kappa shape index (κ1) is 16.2. The van der Waals surface area contributed by atoms with Gasteiger partial charge in [-0.25, -0.2) is 17.1 Å². The number of hydrogen-bond donors (Lipinski definition) is 3. The fourth-order valence-electron chi connectivity index (χ4n) is 2.35. The second kappa shape index (κ2) is 5.24. The number of rotatable bonds is 2. The monoisotopic (exact) mass is 328 g/mol. The summed E-state index contributed by atoms with van der Waals surface area (Å²) in [6.45, 7) is 2.82. The summed E-state index contributed by atoms with van der Waals surface area (Å²) in [5.74, 6) is -1.67. The van der Waals surface area contributed by atoms with Crippen molar-refractivity contribution < 1.29 is 17.6 Å². The van der Waals surface area contributed by atoms with Crippen molar-refractivity contribution in [2.75, 3.05) is 18.1 Å². The number of amides is 1. The minimum atomic E-state index is -3.73. The third-order valence-electron chi connectivity index (χ3n) is 3.48. The number of carbonyl (C=O) groups excluding carboxylic acids is 1. The van der Waals surface area contributed by atoms with Gasteiger partial charge >= 0.3 is 0 Å². The molecule has 9 heteroatoms. The standard InChI is InChI=1S/C13H17FN4O3S/c1-8(19)16-9-4-5-11(14)10(6-9)13(2)7-22(20,21)18(3)12(15)17-13/h4-6H,7H2,1-3H3,(H2,15,17)(H,16,19)/t13-/m0/s1. The SMILES string of the molecule is CC(=O)Nc1ccc(F)c([C@]2(C)CS(=O)(=O)N(C)C(=N)N2)c1. The van der Waals surface area contributed by atoms with Gasteiger partial charge in [-0.1, -0.05) is 0 Å². The quantitative estimate of drug-likeness (QED) is 0.747. The van der Waals surface area contributed by atoms with Gasteiger partial charge < -0.3 is 10.6 Å². The summed E-state index contributed by atoms with van der Waals surface area (Å²) in [6, 6.07) is 3.91. The Morgan fingerprint density at radius 3 is 2.68 bits per heavy atom. The molecule has 2 rings (SSSR count). The molecule has 0 radical (unpaired) electrons. The van der Waals surface area contributed by atoms with E-state index in [9.17, 15) is 17.6 Å². The third kappa shape index (κ3) is 2.89. The molecule has 0 aliphatic carbocycles. The molecular formula is C13H17FN4O3S. The van der Waals surface area contributed by atoms with E-state index in [1.807, 2.05) is 0 Å². The van der Waals surface area contributed by atoms with Gasteiger partial charge in [0.25, 0.3) is 0 Å². The summed E-state index contributed by atoms with van der Waals surface area (Å²) in [5, 5.41) is 13.0. The average molecular weight is 328 g/mol. The van der Waals surface area contributed by atoms with Gasteiger partial charge in [0.15, 0.2) is 0 Å². The van der Waals surface area contributed by atoms with E-state index in [-0.39, 0.29) is 17.4 Å². The van der Waals surface area contributed by atoms with E-state index in [1.165, 1.54) is 33.0 Å². The minimum Gasteiger partial charge on any atom is -0.345 e. The van der Waals surface area contributed by atoms with E-state index in [0.717, 1.165) is 10.4 Å². The molecule has 1 aromatic rings. The highest BCUT2D eigenvalue weighted by molar-refractivity contribution is 7.89. The minimum absolute atomic E-state index is 0.0696. The van der Waals surface area contributed by atoms with Crippen LogP contribution >= 0.6 is 0 Å². The van der Waals surface area contributed by atoms with Crippen molar-refractivity contribution in [1.82, 2.24) is 9.62 Å². The van der Waals surface area contributed by atoms with Crippen molar-refractivity contribution in [3.63, 3.8) is 0 Å². The first-order chi connectivity index (χ1) is 10.0. The second-order valence-corrected chi connectivity index (χ2v) is 7.41. The zero-order valence-electron chi connectivity index (χ0n) is 12.4. The largest absolute Gasteiger partial charge is 0.345 e. The molecule has 0 bridgehead atoms. The zero-order chi connectivity index (χ0) is 16.7. The van der Waals surface area contributed by atoms with Gasteiger partial charge in [-0.05, 0) is 25.1 Å². The molecule has 3 N–H and O–H groups in total. The molecule has 1 saturated heterocycles. The molecule has 0 spiro atoms. The topological polar surface area (TPSA) is 102 Å². The van der Waals surface area contributed by atoms with E-state index < -0.39 is 27.1 Å². The van der Waals surface area contributed by atoms with Crippen molar-refractivity contribution in [3.8, 4) is 0 Å². The van der Waals surface area contributed by atoms with Gasteiger partial charge in [-0.15, -0.1) is 0 Å². The molecule has 1 fully saturated rings. The lowest BCUT2D eigenvalue weighted by Crippen LogP contribution is -2.61. The Kier molecular flexibility index (Phi) is 3.86. The number of carbonyl (C=O) groups is 1. The molecule has 1 heterocycles. The Morgan fingerprint density at radius 1 is 1.50 bits per heavy atom. The van der Waals surface area contributed by atoms with Crippen molar-refractivity contribution in [1.29, 1.82) is 5.41 Å². The Hall–Kier alpha value is -2.16. The summed E-state index contributed by atoms with van der Waals surface area (Å²) < 4.78 is 39.2. The van der Waals surface area contributed by atoms with Crippen LogP contribution in [0.4, 0.5) is 10.1 Å². The number of nitrogens with one attached hydrogen (secondary N) is 3. The fourth-order valence-corrected chi connectivity index (χ4v) is 3.83. The van der Waals surface area contributed by atoms with E-state index in [2.05, 4.69) is 10.6 Å². The molecular weight excluding hydrogens is 311 g/mol. The molecule has 1 aromatic carbocycles. The Labute approximate surface area is 128 Å². The first-order valence-corrected chi connectivity index (χ1v) is 8.07. The van der Waals surface area contributed by atoms with Crippen LogP contribution < -0.4 is 10.6 Å². The molecule has 0 saturated carbocycles. The number of anilines is 1. The number of benzene rings is 1. The van der Waals surface area contributed by atoms with Crippen LogP contribution in [0, 0.1) is 11.2 Å². The predicted molar refractivity (Wildman–Crippen MR) is 80.5 cm³/mol. The maximum absolute atomic E-state index is 14.2. The summed E-state index contributed by atoms with van der Waals surface area (Å²) in [6.07, 6.45) is 0. The van der Waals surface area contributed by atoms with Gasteiger partial charge in [0.05, 0.1) is 11.3 Å². The van der Waals surface area contributed by atoms with Crippen molar-refractivity contribution in [2.45, 2.75) is 19.4 Å². The Balaban J connectivity index is 2.50. The van der Waals surface area contributed by atoms with E-state index >= 15 is 0 Å². The smallest absolute Gasteiger partial charge is 0.239 e. The molecule has 1 atom stereocenters. The molecule has 120 valence electrons. The highest BCUT2D eigenvalue weighted by Gasteiger charge is 2.43. The molecule has 1 aliphatic rings. The molecule has 1 amide bonds. The molecule has 0 unspecified atom stereocenters. The van der Waals surface area contributed by atoms with E-state index in [1.54, 1.807) is 0 Å². The van der Waals surface area contributed by atoms with Crippen molar-refractivity contribution in [3.05, 3.63) is 29.6 Å². The number of sulfonamides is 1. The maximum Gasteiger partial charge on any atom is 0.239 e. The number of halogens is 1. The Bertz CT molecular complexity index is 750. The predicted octanol–water partition coefficient (Wildman–Crippen LogP) is 0.799. The lowest BCUT2D eigenvalue weighted by molar-refractivity contribution is -0.114. The van der Waals surface area contributed by atoms with E-state index in [4.69, 9.17) is 5.41 Å². The van der Waals surface area contributed by atoms with E-state index in [0.29, 0.717) is 5.69 Å². The lowest BCUT2D eigenvalue weighted by atomic mass is 9.93. The fraction of sp³-hybridized carbons (Fsp3) is 0.385. The van der Waals surface area contributed by atoms with Crippen LogP contribution in [0.15, 0.2) is 18.2 Å². The van der Waals surface area contributed by atoms with Gasteiger partial charge in [-0.2, -0.15) is 0 Å². The van der Waals surface area contributed by atoms with Gasteiger partial charge in [0.2, 0.25) is 21.9 Å². The van der Waals surface area contributed by atoms with Crippen LogP contribution in [0.1, 0.15) is 19.4 Å². The number of nitrogens with zero attached hydrogens (tertiary/aromatic N) is 1. The van der Waals surface area contributed by atoms with Crippen molar-refractivity contribution >= 4 is 27.6 Å². The third-order valence-corrected chi connectivity index (χ3v) is 5.44. The van der Waals surface area contributed by atoms with Crippen LogP contribution in [0.25, 0.3) is 0 Å². The van der Waals surface area contributed by atoms with Gasteiger partial charge in [-0.3, -0.25) is 10.2 Å². The van der Waals surface area contributed by atoms with Crippen molar-refractivity contribution in [2.24, 2.45) is 0 Å². The number of guanidine groups is 1.